The van der Waals surface area contributed by atoms with Crippen LogP contribution in [0.5, 0.6) is 0 Å². The first-order chi connectivity index (χ1) is 8.56. The van der Waals surface area contributed by atoms with E-state index in [4.69, 9.17) is 9.88 Å². The maximum absolute atomic E-state index is 11.9. The standard InChI is InChI=1S/C11H19N3O4S/c1-5-6-7-9(19(12,16)17)8(14-13-7)10(15)18-11(2,3)4/h5-6H2,1-4H3,(H,13,14)(H2,12,16,17). The van der Waals surface area contributed by atoms with Crippen molar-refractivity contribution in [2.24, 2.45) is 5.14 Å². The number of esters is 1. The first-order valence-electron chi connectivity index (χ1n) is 5.89. The normalized spacial score (nSPS) is 12.5. The van der Waals surface area contributed by atoms with Crippen LogP contribution < -0.4 is 5.14 Å². The van der Waals surface area contributed by atoms with Gasteiger partial charge in [0.05, 0.1) is 5.69 Å². The van der Waals surface area contributed by atoms with Crippen molar-refractivity contribution in [2.75, 3.05) is 0 Å². The fraction of sp³-hybridized carbons (Fsp3) is 0.636. The number of rotatable bonds is 4. The summed E-state index contributed by atoms with van der Waals surface area (Å²) in [6.07, 6.45) is 1.13. The summed E-state index contributed by atoms with van der Waals surface area (Å²) >= 11 is 0. The zero-order chi connectivity index (χ0) is 14.8. The molecule has 0 unspecified atom stereocenters. The number of H-pyrrole nitrogens is 1. The molecule has 0 amide bonds. The first kappa shape index (κ1) is 15.6. The monoisotopic (exact) mass is 289 g/mol. The van der Waals surface area contributed by atoms with Gasteiger partial charge in [0, 0.05) is 0 Å². The van der Waals surface area contributed by atoms with Crippen LogP contribution in [0.15, 0.2) is 4.90 Å². The minimum absolute atomic E-state index is 0.274. The summed E-state index contributed by atoms with van der Waals surface area (Å²) in [7, 11) is -4.04. The number of aromatic amines is 1. The summed E-state index contributed by atoms with van der Waals surface area (Å²) in [6, 6.07) is 0. The van der Waals surface area contributed by atoms with Gasteiger partial charge in [-0.05, 0) is 27.2 Å². The Balaban J connectivity index is 3.26. The average molecular weight is 289 g/mol. The van der Waals surface area contributed by atoms with E-state index in [-0.39, 0.29) is 10.6 Å². The van der Waals surface area contributed by atoms with E-state index in [1.807, 2.05) is 6.92 Å². The van der Waals surface area contributed by atoms with Crippen molar-refractivity contribution >= 4 is 16.0 Å². The number of primary sulfonamides is 1. The molecule has 0 saturated heterocycles. The van der Waals surface area contributed by atoms with Crippen LogP contribution >= 0.6 is 0 Å². The van der Waals surface area contributed by atoms with Crippen LogP contribution in [0.3, 0.4) is 0 Å². The van der Waals surface area contributed by atoms with E-state index in [9.17, 15) is 13.2 Å². The number of nitrogens with one attached hydrogen (secondary N) is 1. The summed E-state index contributed by atoms with van der Waals surface area (Å²) in [5.41, 5.74) is -0.705. The molecule has 0 aliphatic rings. The molecule has 7 nitrogen and oxygen atoms in total. The van der Waals surface area contributed by atoms with Gasteiger partial charge in [0.1, 0.15) is 10.5 Å². The largest absolute Gasteiger partial charge is 0.455 e. The van der Waals surface area contributed by atoms with Gasteiger partial charge >= 0.3 is 5.97 Å². The quantitative estimate of drug-likeness (QED) is 0.801. The maximum atomic E-state index is 11.9. The molecular weight excluding hydrogens is 270 g/mol. The SMILES string of the molecule is CCCc1[nH]nc(C(=O)OC(C)(C)C)c1S(N)(=O)=O. The Morgan fingerprint density at radius 1 is 1.42 bits per heavy atom. The molecule has 0 aliphatic heterocycles. The number of carbonyl (C=O) groups excluding carboxylic acids is 1. The number of nitrogens with two attached hydrogens (primary N) is 1. The lowest BCUT2D eigenvalue weighted by atomic mass is 10.2. The third kappa shape index (κ3) is 4.03. The zero-order valence-electron chi connectivity index (χ0n) is 11.5. The second-order valence-electron chi connectivity index (χ2n) is 5.18. The molecule has 0 aromatic carbocycles. The van der Waals surface area contributed by atoms with E-state index >= 15 is 0 Å². The van der Waals surface area contributed by atoms with E-state index in [1.165, 1.54) is 0 Å². The molecule has 1 heterocycles. The van der Waals surface area contributed by atoms with Crippen LogP contribution in [0.2, 0.25) is 0 Å². The summed E-state index contributed by atoms with van der Waals surface area (Å²) in [4.78, 5) is 11.6. The van der Waals surface area contributed by atoms with Gasteiger partial charge in [0.15, 0.2) is 5.69 Å². The van der Waals surface area contributed by atoms with E-state index in [1.54, 1.807) is 20.8 Å². The van der Waals surface area contributed by atoms with E-state index in [2.05, 4.69) is 10.2 Å². The molecule has 1 aromatic rings. The van der Waals surface area contributed by atoms with Gasteiger partial charge in [-0.1, -0.05) is 13.3 Å². The predicted molar refractivity (Wildman–Crippen MR) is 69.1 cm³/mol. The number of aryl methyl sites for hydroxylation is 1. The Labute approximate surface area is 112 Å². The number of aromatic nitrogens is 2. The first-order valence-corrected chi connectivity index (χ1v) is 7.44. The topological polar surface area (TPSA) is 115 Å². The molecular formula is C11H19N3O4S. The van der Waals surface area contributed by atoms with Crippen molar-refractivity contribution < 1.29 is 17.9 Å². The van der Waals surface area contributed by atoms with E-state index < -0.39 is 21.6 Å². The van der Waals surface area contributed by atoms with E-state index in [0.29, 0.717) is 18.5 Å². The van der Waals surface area contributed by atoms with Gasteiger partial charge < -0.3 is 4.74 Å². The molecule has 0 aliphatic carbocycles. The highest BCUT2D eigenvalue weighted by molar-refractivity contribution is 7.89. The molecule has 1 aromatic heterocycles. The highest BCUT2D eigenvalue weighted by Gasteiger charge is 2.30. The lowest BCUT2D eigenvalue weighted by Gasteiger charge is -2.18. The number of sulfonamides is 1. The molecule has 0 fully saturated rings. The van der Waals surface area contributed by atoms with Gasteiger partial charge in [0.25, 0.3) is 0 Å². The van der Waals surface area contributed by atoms with Gasteiger partial charge in [-0.15, -0.1) is 0 Å². The molecule has 108 valence electrons. The van der Waals surface area contributed by atoms with Crippen LogP contribution in [0.4, 0.5) is 0 Å². The van der Waals surface area contributed by atoms with Crippen molar-refractivity contribution in [3.05, 3.63) is 11.4 Å². The third-order valence-electron chi connectivity index (χ3n) is 2.17. The molecule has 1 rings (SSSR count). The highest BCUT2D eigenvalue weighted by atomic mass is 32.2. The maximum Gasteiger partial charge on any atom is 0.360 e. The number of hydrogen-bond acceptors (Lipinski definition) is 5. The molecule has 0 bridgehead atoms. The average Bonchev–Trinajstić information content (AvgIpc) is 2.58. The fourth-order valence-electron chi connectivity index (χ4n) is 1.56. The Bertz CT molecular complexity index is 569. The Morgan fingerprint density at radius 2 is 2.00 bits per heavy atom. The van der Waals surface area contributed by atoms with Crippen molar-refractivity contribution in [3.63, 3.8) is 0 Å². The van der Waals surface area contributed by atoms with Crippen LogP contribution in [0, 0.1) is 0 Å². The number of carbonyl (C=O) groups is 1. The van der Waals surface area contributed by atoms with Gasteiger partial charge in [-0.25, -0.2) is 18.4 Å². The van der Waals surface area contributed by atoms with Crippen molar-refractivity contribution in [2.45, 2.75) is 51.0 Å². The number of hydrogen-bond donors (Lipinski definition) is 2. The molecule has 3 N–H and O–H groups in total. The van der Waals surface area contributed by atoms with Crippen molar-refractivity contribution in [1.29, 1.82) is 0 Å². The van der Waals surface area contributed by atoms with Crippen LogP contribution in [0.25, 0.3) is 0 Å². The smallest absolute Gasteiger partial charge is 0.360 e. The fourth-order valence-corrected chi connectivity index (χ4v) is 2.45. The second-order valence-corrected chi connectivity index (χ2v) is 6.68. The summed E-state index contributed by atoms with van der Waals surface area (Å²) in [5, 5.41) is 11.4. The highest BCUT2D eigenvalue weighted by Crippen LogP contribution is 2.21. The zero-order valence-corrected chi connectivity index (χ0v) is 12.3. The number of ether oxygens (including phenoxy) is 1. The molecule has 0 spiro atoms. The summed E-state index contributed by atoms with van der Waals surface area (Å²) in [6.45, 7) is 6.92. The number of nitrogens with zero attached hydrogens (tertiary/aromatic N) is 1. The second kappa shape index (κ2) is 5.30. The minimum Gasteiger partial charge on any atom is -0.455 e. The van der Waals surface area contributed by atoms with Gasteiger partial charge in [-0.3, -0.25) is 5.10 Å². The van der Waals surface area contributed by atoms with Crippen molar-refractivity contribution in [3.8, 4) is 0 Å². The molecule has 8 heteroatoms. The predicted octanol–water partition coefficient (Wildman–Crippen LogP) is 0.965. The van der Waals surface area contributed by atoms with Gasteiger partial charge in [-0.2, -0.15) is 5.10 Å². The van der Waals surface area contributed by atoms with Crippen LogP contribution in [0.1, 0.15) is 50.3 Å². The lowest BCUT2D eigenvalue weighted by Crippen LogP contribution is -2.26. The minimum atomic E-state index is -4.04. The Hall–Kier alpha value is -1.41. The lowest BCUT2D eigenvalue weighted by molar-refractivity contribution is 0.00583. The van der Waals surface area contributed by atoms with Crippen LogP contribution in [-0.2, 0) is 21.2 Å². The van der Waals surface area contributed by atoms with Crippen LogP contribution in [-0.4, -0.2) is 30.2 Å². The Morgan fingerprint density at radius 3 is 2.42 bits per heavy atom. The summed E-state index contributed by atoms with van der Waals surface area (Å²) in [5.74, 6) is -0.810. The molecule has 0 atom stereocenters. The summed E-state index contributed by atoms with van der Waals surface area (Å²) < 4.78 is 28.3. The Kier molecular flexibility index (Phi) is 4.36. The van der Waals surface area contributed by atoms with Gasteiger partial charge in [0.2, 0.25) is 10.0 Å². The third-order valence-corrected chi connectivity index (χ3v) is 3.18. The van der Waals surface area contributed by atoms with E-state index in [0.717, 1.165) is 0 Å². The molecule has 0 saturated carbocycles. The molecule has 19 heavy (non-hydrogen) atoms. The van der Waals surface area contributed by atoms with Crippen molar-refractivity contribution in [1.82, 2.24) is 10.2 Å². The molecule has 0 radical (unpaired) electrons.